The van der Waals surface area contributed by atoms with Crippen LogP contribution in [0.3, 0.4) is 0 Å². The van der Waals surface area contributed by atoms with E-state index in [0.717, 1.165) is 13.8 Å². The number of carbonyl (C=O) groups excluding carboxylic acids is 4. The molecule has 1 aliphatic heterocycles. The van der Waals surface area contributed by atoms with Crippen LogP contribution in [0, 0.1) is 0 Å². The third-order valence-corrected chi connectivity index (χ3v) is 4.46. The average Bonchev–Trinajstić information content (AvgIpc) is 2.65. The van der Waals surface area contributed by atoms with Crippen LogP contribution >= 0.6 is 11.6 Å². The molecule has 1 heterocycles. The smallest absolute Gasteiger partial charge is 0.303 e. The van der Waals surface area contributed by atoms with Gasteiger partial charge in [0.1, 0.15) is 24.5 Å². The second kappa shape index (κ2) is 11.0. The third-order valence-electron chi connectivity index (χ3n) is 4.15. The van der Waals surface area contributed by atoms with Crippen molar-refractivity contribution in [2.45, 2.75) is 58.3 Å². The quantitative estimate of drug-likeness (QED) is 0.477. The number of benzene rings is 1. The van der Waals surface area contributed by atoms with Crippen molar-refractivity contribution in [3.8, 4) is 5.75 Å². The molecule has 10 nitrogen and oxygen atoms in total. The Morgan fingerprint density at radius 1 is 0.968 bits per heavy atom. The van der Waals surface area contributed by atoms with Crippen molar-refractivity contribution < 1.29 is 42.9 Å². The minimum Gasteiger partial charge on any atom is -0.463 e. The largest absolute Gasteiger partial charge is 0.463 e. The van der Waals surface area contributed by atoms with Crippen molar-refractivity contribution in [2.24, 2.45) is 0 Å². The minimum absolute atomic E-state index is 0.239. The predicted molar refractivity (Wildman–Crippen MR) is 106 cm³/mol. The second-order valence-electron chi connectivity index (χ2n) is 6.77. The fraction of sp³-hybridized carbons (Fsp3) is 0.500. The molecular formula is C20H24ClNO9. The summed E-state index contributed by atoms with van der Waals surface area (Å²) in [4.78, 5) is 46.7. The summed E-state index contributed by atoms with van der Waals surface area (Å²) in [6.45, 7) is 4.46. The van der Waals surface area contributed by atoms with Gasteiger partial charge in [0, 0.05) is 27.7 Å². The highest BCUT2D eigenvalue weighted by atomic mass is 35.5. The van der Waals surface area contributed by atoms with E-state index in [9.17, 15) is 19.2 Å². The van der Waals surface area contributed by atoms with Crippen molar-refractivity contribution in [1.29, 1.82) is 0 Å². The van der Waals surface area contributed by atoms with Crippen molar-refractivity contribution in [3.63, 3.8) is 0 Å². The monoisotopic (exact) mass is 457 g/mol. The fourth-order valence-electron chi connectivity index (χ4n) is 3.06. The van der Waals surface area contributed by atoms with Gasteiger partial charge in [-0.05, 0) is 12.1 Å². The molecule has 1 N–H and O–H groups in total. The molecule has 0 aromatic heterocycles. The van der Waals surface area contributed by atoms with Crippen LogP contribution in [0.4, 0.5) is 0 Å². The van der Waals surface area contributed by atoms with E-state index in [1.807, 2.05) is 0 Å². The van der Waals surface area contributed by atoms with E-state index in [4.69, 9.17) is 35.3 Å². The molecule has 1 aliphatic rings. The molecule has 0 saturated carbocycles. The number of rotatable bonds is 7. The highest BCUT2D eigenvalue weighted by Gasteiger charge is 2.52. The Morgan fingerprint density at radius 2 is 1.58 bits per heavy atom. The maximum atomic E-state index is 11.9. The average molecular weight is 458 g/mol. The molecule has 31 heavy (non-hydrogen) atoms. The van der Waals surface area contributed by atoms with Crippen LogP contribution in [0.15, 0.2) is 24.3 Å². The van der Waals surface area contributed by atoms with Gasteiger partial charge in [0.25, 0.3) is 0 Å². The number of hydrogen-bond donors (Lipinski definition) is 1. The molecule has 1 aromatic carbocycles. The summed E-state index contributed by atoms with van der Waals surface area (Å²) in [5, 5.41) is 2.88. The van der Waals surface area contributed by atoms with Gasteiger partial charge < -0.3 is 29.0 Å². The zero-order valence-corrected chi connectivity index (χ0v) is 18.2. The number of hydrogen-bond acceptors (Lipinski definition) is 9. The Labute approximate surface area is 184 Å². The number of esters is 3. The van der Waals surface area contributed by atoms with Crippen LogP contribution in [0.2, 0.25) is 5.02 Å². The maximum absolute atomic E-state index is 11.9. The SMILES string of the molecule is CC(=O)N[C@@H]1[C@H](Oc2ccccc2Cl)O[C@H](COC(C)=O)[C@H](OC(C)=O)[C@H]1OC(C)=O. The number of para-hydroxylation sites is 1. The van der Waals surface area contributed by atoms with Gasteiger partial charge in [-0.2, -0.15) is 0 Å². The lowest BCUT2D eigenvalue weighted by Gasteiger charge is -2.44. The summed E-state index contributed by atoms with van der Waals surface area (Å²) in [5.41, 5.74) is 0. The summed E-state index contributed by atoms with van der Waals surface area (Å²) in [6, 6.07) is 5.48. The molecule has 1 fully saturated rings. The summed E-state index contributed by atoms with van der Waals surface area (Å²) in [6.07, 6.45) is -4.68. The van der Waals surface area contributed by atoms with Crippen LogP contribution in [-0.2, 0) is 38.1 Å². The first-order valence-corrected chi connectivity index (χ1v) is 9.77. The first-order valence-electron chi connectivity index (χ1n) is 9.40. The summed E-state index contributed by atoms with van der Waals surface area (Å²) in [5.74, 6) is -2.21. The van der Waals surface area contributed by atoms with E-state index >= 15 is 0 Å². The zero-order valence-electron chi connectivity index (χ0n) is 17.5. The Hall–Kier alpha value is -2.85. The minimum atomic E-state index is -1.22. The topological polar surface area (TPSA) is 126 Å². The summed E-state index contributed by atoms with van der Waals surface area (Å²) >= 11 is 6.16. The Kier molecular flexibility index (Phi) is 8.64. The molecule has 0 unspecified atom stereocenters. The molecule has 2 rings (SSSR count). The molecule has 1 saturated heterocycles. The molecule has 5 atom stereocenters. The van der Waals surface area contributed by atoms with E-state index in [0.29, 0.717) is 0 Å². The number of carbonyl (C=O) groups is 4. The first-order chi connectivity index (χ1) is 14.6. The predicted octanol–water partition coefficient (Wildman–Crippen LogP) is 1.37. The molecule has 0 aliphatic carbocycles. The van der Waals surface area contributed by atoms with Crippen molar-refractivity contribution in [3.05, 3.63) is 29.3 Å². The van der Waals surface area contributed by atoms with E-state index in [1.165, 1.54) is 13.8 Å². The van der Waals surface area contributed by atoms with E-state index in [1.54, 1.807) is 24.3 Å². The molecule has 1 amide bonds. The van der Waals surface area contributed by atoms with E-state index in [-0.39, 0.29) is 17.4 Å². The van der Waals surface area contributed by atoms with Gasteiger partial charge in [-0.15, -0.1) is 0 Å². The van der Waals surface area contributed by atoms with Gasteiger partial charge in [0.05, 0.1) is 5.02 Å². The number of ether oxygens (including phenoxy) is 5. The van der Waals surface area contributed by atoms with Crippen LogP contribution in [0.25, 0.3) is 0 Å². The number of halogens is 1. The highest BCUT2D eigenvalue weighted by Crippen LogP contribution is 2.31. The van der Waals surface area contributed by atoms with Crippen molar-refractivity contribution >= 4 is 35.4 Å². The normalized spacial score (nSPS) is 25.1. The van der Waals surface area contributed by atoms with Crippen LogP contribution in [0.1, 0.15) is 27.7 Å². The lowest BCUT2D eigenvalue weighted by atomic mass is 9.96. The standard InChI is InChI=1S/C20H24ClNO9/c1-10(23)22-17-19(29-13(4)26)18(28-12(3)25)16(9-27-11(2)24)31-20(17)30-15-8-6-5-7-14(15)21/h5-8,16-20H,9H2,1-4H3,(H,22,23)/t16-,17+,18+,19+,20-/m1/s1. The first kappa shape index (κ1) is 24.4. The Morgan fingerprint density at radius 3 is 2.13 bits per heavy atom. The van der Waals surface area contributed by atoms with Gasteiger partial charge in [-0.3, -0.25) is 19.2 Å². The lowest BCUT2D eigenvalue weighted by Crippen LogP contribution is -2.67. The fourth-order valence-corrected chi connectivity index (χ4v) is 3.24. The lowest BCUT2D eigenvalue weighted by molar-refractivity contribution is -0.257. The zero-order chi connectivity index (χ0) is 23.1. The molecule has 0 spiro atoms. The second-order valence-corrected chi connectivity index (χ2v) is 7.18. The molecule has 1 aromatic rings. The van der Waals surface area contributed by atoms with Gasteiger partial charge in [0.2, 0.25) is 12.2 Å². The van der Waals surface area contributed by atoms with E-state index in [2.05, 4.69) is 5.32 Å². The molecule has 11 heteroatoms. The van der Waals surface area contributed by atoms with Gasteiger partial charge in [-0.25, -0.2) is 0 Å². The van der Waals surface area contributed by atoms with Gasteiger partial charge in [-0.1, -0.05) is 23.7 Å². The Balaban J connectivity index is 2.46. The van der Waals surface area contributed by atoms with Crippen LogP contribution in [0.5, 0.6) is 5.75 Å². The molecule has 0 radical (unpaired) electrons. The summed E-state index contributed by atoms with van der Waals surface area (Å²) < 4.78 is 27.5. The Bertz CT molecular complexity index is 831. The maximum Gasteiger partial charge on any atom is 0.303 e. The highest BCUT2D eigenvalue weighted by molar-refractivity contribution is 6.32. The van der Waals surface area contributed by atoms with Gasteiger partial charge in [0.15, 0.2) is 12.2 Å². The van der Waals surface area contributed by atoms with Crippen molar-refractivity contribution in [2.75, 3.05) is 6.61 Å². The van der Waals surface area contributed by atoms with Crippen molar-refractivity contribution in [1.82, 2.24) is 5.32 Å². The van der Waals surface area contributed by atoms with E-state index < -0.39 is 54.5 Å². The molecule has 0 bridgehead atoms. The third kappa shape index (κ3) is 7.11. The van der Waals surface area contributed by atoms with Crippen LogP contribution < -0.4 is 10.1 Å². The van der Waals surface area contributed by atoms with Crippen LogP contribution in [-0.4, -0.2) is 61.1 Å². The summed E-state index contributed by atoms with van der Waals surface area (Å²) in [7, 11) is 0. The molecule has 170 valence electrons. The number of amides is 1. The van der Waals surface area contributed by atoms with Gasteiger partial charge >= 0.3 is 17.9 Å². The molecular weight excluding hydrogens is 434 g/mol. The number of nitrogens with one attached hydrogen (secondary N) is 1.